The summed E-state index contributed by atoms with van der Waals surface area (Å²) in [6, 6.07) is 4.75. The maximum absolute atomic E-state index is 6.05. The van der Waals surface area contributed by atoms with Gasteiger partial charge < -0.3 is 14.7 Å². The minimum absolute atomic E-state index is 0.188. The summed E-state index contributed by atoms with van der Waals surface area (Å²) < 4.78 is 7.76. The third-order valence-electron chi connectivity index (χ3n) is 3.99. The predicted octanol–water partition coefficient (Wildman–Crippen LogP) is 2.33. The molecule has 2 heterocycles. The van der Waals surface area contributed by atoms with E-state index in [0.717, 1.165) is 18.8 Å². The second kappa shape index (κ2) is 5.81. The Morgan fingerprint density at radius 2 is 2.40 bits per heavy atom. The fourth-order valence-corrected chi connectivity index (χ4v) is 2.73. The van der Waals surface area contributed by atoms with Crippen molar-refractivity contribution in [2.24, 2.45) is 5.73 Å². The average molecular weight is 274 g/mol. The van der Waals surface area contributed by atoms with Crippen LogP contribution in [-0.4, -0.2) is 27.5 Å². The molecule has 5 nitrogen and oxygen atoms in total. The van der Waals surface area contributed by atoms with Crippen LogP contribution in [0.5, 0.6) is 0 Å². The monoisotopic (exact) mass is 274 g/mol. The Labute approximate surface area is 119 Å². The second-order valence-electron chi connectivity index (χ2n) is 5.35. The fourth-order valence-electron chi connectivity index (χ4n) is 2.73. The van der Waals surface area contributed by atoms with E-state index in [9.17, 15) is 0 Å². The first-order valence-electron chi connectivity index (χ1n) is 7.31. The number of aromatic nitrogens is 2. The lowest BCUT2D eigenvalue weighted by Crippen LogP contribution is -2.34. The molecule has 1 fully saturated rings. The zero-order chi connectivity index (χ0) is 13.9. The summed E-state index contributed by atoms with van der Waals surface area (Å²) in [6.45, 7) is 4.45. The Hall–Kier alpha value is -1.59. The molecule has 5 heteroatoms. The number of nitrogens with two attached hydrogens (primary N) is 1. The van der Waals surface area contributed by atoms with Crippen molar-refractivity contribution in [2.45, 2.75) is 38.4 Å². The van der Waals surface area contributed by atoms with Crippen molar-refractivity contribution in [2.75, 3.05) is 13.1 Å². The molecule has 20 heavy (non-hydrogen) atoms. The molecule has 3 rings (SSSR count). The van der Waals surface area contributed by atoms with E-state index >= 15 is 0 Å². The van der Waals surface area contributed by atoms with Crippen LogP contribution in [0.3, 0.4) is 0 Å². The average Bonchev–Trinajstić information content (AvgIpc) is 2.99. The van der Waals surface area contributed by atoms with Crippen LogP contribution in [0.1, 0.15) is 43.3 Å². The SMILES string of the molecule is CCN(Cc1ccco1)C(CN)c1cncn1C1CC1. The number of hydrogen-bond donors (Lipinski definition) is 1. The summed E-state index contributed by atoms with van der Waals surface area (Å²) in [5.74, 6) is 0.975. The number of likely N-dealkylation sites (N-methyl/N-ethyl adjacent to an activating group) is 1. The van der Waals surface area contributed by atoms with E-state index in [1.807, 2.05) is 24.7 Å². The first-order valence-corrected chi connectivity index (χ1v) is 7.31. The molecule has 108 valence electrons. The Balaban J connectivity index is 1.81. The molecule has 1 unspecified atom stereocenters. The second-order valence-corrected chi connectivity index (χ2v) is 5.35. The quantitative estimate of drug-likeness (QED) is 0.842. The predicted molar refractivity (Wildman–Crippen MR) is 77.1 cm³/mol. The van der Waals surface area contributed by atoms with Gasteiger partial charge in [0, 0.05) is 18.8 Å². The minimum atomic E-state index is 0.188. The largest absolute Gasteiger partial charge is 0.468 e. The summed E-state index contributed by atoms with van der Waals surface area (Å²) in [5, 5.41) is 0. The van der Waals surface area contributed by atoms with Crippen LogP contribution in [0.4, 0.5) is 0 Å². The maximum Gasteiger partial charge on any atom is 0.117 e. The van der Waals surface area contributed by atoms with Gasteiger partial charge in [-0.15, -0.1) is 0 Å². The highest BCUT2D eigenvalue weighted by molar-refractivity contribution is 5.11. The van der Waals surface area contributed by atoms with Gasteiger partial charge in [0.2, 0.25) is 0 Å². The molecule has 2 aromatic heterocycles. The third kappa shape index (κ3) is 2.64. The van der Waals surface area contributed by atoms with E-state index in [2.05, 4.69) is 21.4 Å². The van der Waals surface area contributed by atoms with Crippen molar-refractivity contribution in [3.8, 4) is 0 Å². The molecule has 0 bridgehead atoms. The molecular formula is C15H22N4O. The number of furan rings is 1. The summed E-state index contributed by atoms with van der Waals surface area (Å²) >= 11 is 0. The molecule has 0 amide bonds. The molecule has 2 aromatic rings. The van der Waals surface area contributed by atoms with Crippen molar-refractivity contribution in [1.29, 1.82) is 0 Å². The maximum atomic E-state index is 6.05. The molecule has 0 radical (unpaired) electrons. The standard InChI is InChI=1S/C15H22N4O/c1-2-18(10-13-4-3-7-20-13)14(8-16)15-9-17-11-19(15)12-5-6-12/h3-4,7,9,11-12,14H,2,5-6,8,10,16H2,1H3. The number of imidazole rings is 1. The van der Waals surface area contributed by atoms with Crippen molar-refractivity contribution in [3.05, 3.63) is 42.4 Å². The first kappa shape index (κ1) is 13.4. The molecule has 1 atom stereocenters. The summed E-state index contributed by atoms with van der Waals surface area (Å²) in [6.07, 6.45) is 8.13. The highest BCUT2D eigenvalue weighted by Crippen LogP contribution is 2.37. The van der Waals surface area contributed by atoms with Crippen molar-refractivity contribution < 1.29 is 4.42 Å². The first-order chi connectivity index (χ1) is 9.83. The van der Waals surface area contributed by atoms with Crippen molar-refractivity contribution in [1.82, 2.24) is 14.5 Å². The number of nitrogens with zero attached hydrogens (tertiary/aromatic N) is 3. The van der Waals surface area contributed by atoms with Crippen LogP contribution in [0.15, 0.2) is 35.3 Å². The van der Waals surface area contributed by atoms with Gasteiger partial charge >= 0.3 is 0 Å². The van der Waals surface area contributed by atoms with Gasteiger partial charge in [0.25, 0.3) is 0 Å². The normalized spacial score (nSPS) is 16.8. The Morgan fingerprint density at radius 3 is 3.00 bits per heavy atom. The van der Waals surface area contributed by atoms with E-state index in [0.29, 0.717) is 12.6 Å². The summed E-state index contributed by atoms with van der Waals surface area (Å²) in [5.41, 5.74) is 7.27. The van der Waals surface area contributed by atoms with Crippen molar-refractivity contribution in [3.63, 3.8) is 0 Å². The minimum Gasteiger partial charge on any atom is -0.468 e. The van der Waals surface area contributed by atoms with Crippen molar-refractivity contribution >= 4 is 0 Å². The zero-order valence-corrected chi connectivity index (χ0v) is 11.9. The molecule has 0 saturated heterocycles. The van der Waals surface area contributed by atoms with E-state index in [4.69, 9.17) is 10.2 Å². The van der Waals surface area contributed by atoms with E-state index in [1.165, 1.54) is 18.5 Å². The Bertz CT molecular complexity index is 530. The Morgan fingerprint density at radius 1 is 1.55 bits per heavy atom. The lowest BCUT2D eigenvalue weighted by Gasteiger charge is -2.29. The molecule has 2 N–H and O–H groups in total. The summed E-state index contributed by atoms with van der Waals surface area (Å²) in [4.78, 5) is 6.67. The van der Waals surface area contributed by atoms with Gasteiger partial charge in [0.05, 0.1) is 30.9 Å². The van der Waals surface area contributed by atoms with Gasteiger partial charge in [-0.1, -0.05) is 6.92 Å². The van der Waals surface area contributed by atoms with E-state index in [1.54, 1.807) is 6.26 Å². The van der Waals surface area contributed by atoms with E-state index in [-0.39, 0.29) is 6.04 Å². The van der Waals surface area contributed by atoms with Crippen LogP contribution in [-0.2, 0) is 6.54 Å². The van der Waals surface area contributed by atoms with Crippen LogP contribution >= 0.6 is 0 Å². The molecule has 0 aliphatic heterocycles. The molecule has 1 aliphatic carbocycles. The fraction of sp³-hybridized carbons (Fsp3) is 0.533. The van der Waals surface area contributed by atoms with E-state index < -0.39 is 0 Å². The molecular weight excluding hydrogens is 252 g/mol. The Kier molecular flexibility index (Phi) is 3.89. The zero-order valence-electron chi connectivity index (χ0n) is 11.9. The molecule has 0 spiro atoms. The highest BCUT2D eigenvalue weighted by Gasteiger charge is 2.29. The van der Waals surface area contributed by atoms with Crippen LogP contribution < -0.4 is 5.73 Å². The van der Waals surface area contributed by atoms with Gasteiger partial charge in [-0.2, -0.15) is 0 Å². The highest BCUT2D eigenvalue weighted by atomic mass is 16.3. The molecule has 0 aromatic carbocycles. The number of hydrogen-bond acceptors (Lipinski definition) is 4. The lowest BCUT2D eigenvalue weighted by molar-refractivity contribution is 0.181. The van der Waals surface area contributed by atoms with Gasteiger partial charge in [0.15, 0.2) is 0 Å². The third-order valence-corrected chi connectivity index (χ3v) is 3.99. The summed E-state index contributed by atoms with van der Waals surface area (Å²) in [7, 11) is 0. The molecule has 1 aliphatic rings. The topological polar surface area (TPSA) is 60.2 Å². The smallest absolute Gasteiger partial charge is 0.117 e. The van der Waals surface area contributed by atoms with Gasteiger partial charge in [0.1, 0.15) is 5.76 Å². The van der Waals surface area contributed by atoms with Crippen LogP contribution in [0, 0.1) is 0 Å². The van der Waals surface area contributed by atoms with Crippen LogP contribution in [0.25, 0.3) is 0 Å². The van der Waals surface area contributed by atoms with Crippen LogP contribution in [0.2, 0.25) is 0 Å². The number of rotatable bonds is 7. The van der Waals surface area contributed by atoms with Gasteiger partial charge in [-0.05, 0) is 31.5 Å². The van der Waals surface area contributed by atoms with Gasteiger partial charge in [-0.25, -0.2) is 4.98 Å². The molecule has 1 saturated carbocycles. The lowest BCUT2D eigenvalue weighted by atomic mass is 10.1. The van der Waals surface area contributed by atoms with Gasteiger partial charge in [-0.3, -0.25) is 4.90 Å².